The number of amides is 1. The van der Waals surface area contributed by atoms with E-state index in [0.717, 1.165) is 0 Å². The first-order valence-corrected chi connectivity index (χ1v) is 5.38. The Morgan fingerprint density at radius 1 is 1.56 bits per heavy atom. The summed E-state index contributed by atoms with van der Waals surface area (Å²) in [7, 11) is 0. The number of rotatable bonds is 2. The van der Waals surface area contributed by atoms with Crippen molar-refractivity contribution in [3.8, 4) is 0 Å². The minimum absolute atomic E-state index is 0.0118. The summed E-state index contributed by atoms with van der Waals surface area (Å²) in [4.78, 5) is 21.4. The van der Waals surface area contributed by atoms with Crippen molar-refractivity contribution in [2.75, 3.05) is 13.1 Å². The van der Waals surface area contributed by atoms with Crippen LogP contribution in [-0.2, 0) is 0 Å². The summed E-state index contributed by atoms with van der Waals surface area (Å²) in [5, 5.41) is 9.05. The summed E-state index contributed by atoms with van der Waals surface area (Å²) < 4.78 is 1.41. The van der Waals surface area contributed by atoms with Gasteiger partial charge in [-0.25, -0.2) is 9.78 Å². The van der Waals surface area contributed by atoms with Gasteiger partial charge in [-0.1, -0.05) is 0 Å². The second-order valence-corrected chi connectivity index (χ2v) is 3.93. The van der Waals surface area contributed by atoms with Gasteiger partial charge in [-0.05, 0) is 11.6 Å². The van der Waals surface area contributed by atoms with E-state index in [1.54, 1.807) is 12.4 Å². The zero-order chi connectivity index (χ0) is 11.5. The zero-order valence-electron chi connectivity index (χ0n) is 8.54. The molecule has 1 aliphatic heterocycles. The van der Waals surface area contributed by atoms with Crippen LogP contribution in [0.2, 0.25) is 5.28 Å². The van der Waals surface area contributed by atoms with Gasteiger partial charge in [0.15, 0.2) is 0 Å². The van der Waals surface area contributed by atoms with Crippen LogP contribution in [0.1, 0.15) is 12.8 Å². The summed E-state index contributed by atoms with van der Waals surface area (Å²) in [6.07, 6.45) is 3.63. The van der Waals surface area contributed by atoms with E-state index in [2.05, 4.69) is 4.98 Å². The predicted octanol–water partition coefficient (Wildman–Crippen LogP) is 1.11. The number of piperidine rings is 1. The lowest BCUT2D eigenvalue weighted by atomic mass is 10.1. The van der Waals surface area contributed by atoms with Crippen molar-refractivity contribution in [3.63, 3.8) is 0 Å². The van der Waals surface area contributed by atoms with Crippen LogP contribution in [0.25, 0.3) is 0 Å². The molecule has 1 aromatic heterocycles. The van der Waals surface area contributed by atoms with E-state index in [1.165, 1.54) is 9.63 Å². The number of halogens is 1. The number of carboxylic acid groups (broad SMARTS) is 1. The highest BCUT2D eigenvalue weighted by molar-refractivity contribution is 6.28. The highest BCUT2D eigenvalue weighted by Gasteiger charge is 2.24. The van der Waals surface area contributed by atoms with Gasteiger partial charge in [-0.15, -0.1) is 0 Å². The first-order chi connectivity index (χ1) is 7.66. The van der Waals surface area contributed by atoms with Crippen LogP contribution in [0.5, 0.6) is 0 Å². The van der Waals surface area contributed by atoms with E-state index in [4.69, 9.17) is 21.5 Å². The lowest BCUT2D eigenvalue weighted by molar-refractivity contribution is -0.000330. The van der Waals surface area contributed by atoms with Gasteiger partial charge in [0.25, 0.3) is 0 Å². The van der Waals surface area contributed by atoms with Gasteiger partial charge in [0.2, 0.25) is 5.28 Å². The van der Waals surface area contributed by atoms with Crippen molar-refractivity contribution in [1.82, 2.24) is 14.6 Å². The molecule has 2 rings (SSSR count). The number of aromatic nitrogens is 2. The van der Waals surface area contributed by atoms with Gasteiger partial charge >= 0.3 is 6.09 Å². The number of hydrogen-bond acceptors (Lipinski definition) is 3. The second kappa shape index (κ2) is 4.61. The topological polar surface area (TPSA) is 67.6 Å². The van der Waals surface area contributed by atoms with E-state index in [-0.39, 0.29) is 11.4 Å². The zero-order valence-corrected chi connectivity index (χ0v) is 9.30. The third-order valence-electron chi connectivity index (χ3n) is 2.54. The minimum Gasteiger partial charge on any atom is -0.465 e. The quantitative estimate of drug-likeness (QED) is 0.848. The monoisotopic (exact) mass is 245 g/mol. The molecule has 0 atom stereocenters. The maximum atomic E-state index is 10.7. The first kappa shape index (κ1) is 11.1. The Morgan fingerprint density at radius 2 is 2.25 bits per heavy atom. The molecule has 88 valence electrons. The Labute approximate surface area is 97.3 Å². The van der Waals surface area contributed by atoms with E-state index in [0.29, 0.717) is 25.9 Å². The molecule has 0 unspecified atom stereocenters. The summed E-state index contributed by atoms with van der Waals surface area (Å²) >= 11 is 5.76. The standard InChI is InChI=1S/C9H12ClN3O3/c10-8-11-3-6-13(8)16-7-1-4-12(5-2-7)9(14)15/h3,6-7H,1-2,4-5H2,(H,14,15). The van der Waals surface area contributed by atoms with Crippen molar-refractivity contribution in [3.05, 3.63) is 17.7 Å². The van der Waals surface area contributed by atoms with Gasteiger partial charge in [-0.3, -0.25) is 0 Å². The number of likely N-dealkylation sites (tertiary alicyclic amines) is 1. The van der Waals surface area contributed by atoms with Gasteiger partial charge in [0.05, 0.1) is 12.4 Å². The molecule has 16 heavy (non-hydrogen) atoms. The molecule has 6 nitrogen and oxygen atoms in total. The number of carbonyl (C=O) groups is 1. The summed E-state index contributed by atoms with van der Waals surface area (Å²) in [6, 6.07) is 0. The molecule has 0 radical (unpaired) electrons. The molecule has 1 saturated heterocycles. The molecule has 0 aliphatic carbocycles. The Morgan fingerprint density at radius 3 is 2.75 bits per heavy atom. The molecule has 0 spiro atoms. The molecule has 1 aliphatic rings. The molecule has 1 aromatic rings. The SMILES string of the molecule is O=C(O)N1CCC(On2ccnc2Cl)CC1. The van der Waals surface area contributed by atoms with Crippen LogP contribution in [0.3, 0.4) is 0 Å². The largest absolute Gasteiger partial charge is 0.465 e. The molecule has 0 aromatic carbocycles. The average molecular weight is 246 g/mol. The molecule has 1 fully saturated rings. The van der Waals surface area contributed by atoms with Gasteiger partial charge < -0.3 is 14.8 Å². The van der Waals surface area contributed by atoms with E-state index >= 15 is 0 Å². The maximum Gasteiger partial charge on any atom is 0.407 e. The van der Waals surface area contributed by atoms with Gasteiger partial charge in [0.1, 0.15) is 6.10 Å². The fourth-order valence-electron chi connectivity index (χ4n) is 1.67. The lowest BCUT2D eigenvalue weighted by Crippen LogP contribution is -2.42. The van der Waals surface area contributed by atoms with Gasteiger partial charge in [0, 0.05) is 25.9 Å². The molecule has 1 amide bonds. The number of hydrogen-bond donors (Lipinski definition) is 1. The third kappa shape index (κ3) is 2.38. The van der Waals surface area contributed by atoms with Gasteiger partial charge in [-0.2, -0.15) is 4.73 Å². The van der Waals surface area contributed by atoms with Crippen molar-refractivity contribution >= 4 is 17.7 Å². The molecule has 0 saturated carbocycles. The second-order valence-electron chi connectivity index (χ2n) is 3.60. The molecule has 2 heterocycles. The fourth-order valence-corrected chi connectivity index (χ4v) is 1.82. The summed E-state index contributed by atoms with van der Waals surface area (Å²) in [5.41, 5.74) is 0. The molecular formula is C9H12ClN3O3. The molecule has 1 N–H and O–H groups in total. The molecular weight excluding hydrogens is 234 g/mol. The Hall–Kier alpha value is -1.43. The van der Waals surface area contributed by atoms with Crippen molar-refractivity contribution in [2.45, 2.75) is 18.9 Å². The highest BCUT2D eigenvalue weighted by Crippen LogP contribution is 2.13. The number of imidazole rings is 1. The first-order valence-electron chi connectivity index (χ1n) is 5.00. The van der Waals surface area contributed by atoms with Crippen LogP contribution < -0.4 is 4.84 Å². The van der Waals surface area contributed by atoms with Crippen LogP contribution in [0.15, 0.2) is 12.4 Å². The van der Waals surface area contributed by atoms with Crippen LogP contribution in [0, 0.1) is 0 Å². The van der Waals surface area contributed by atoms with Crippen molar-refractivity contribution in [1.29, 1.82) is 0 Å². The maximum absolute atomic E-state index is 10.7. The Balaban J connectivity index is 1.86. The molecule has 7 heteroatoms. The van der Waals surface area contributed by atoms with Crippen LogP contribution in [0.4, 0.5) is 4.79 Å². The minimum atomic E-state index is -0.876. The number of nitrogens with zero attached hydrogens (tertiary/aromatic N) is 3. The van der Waals surface area contributed by atoms with Crippen LogP contribution >= 0.6 is 11.6 Å². The smallest absolute Gasteiger partial charge is 0.407 e. The van der Waals surface area contributed by atoms with E-state index in [1.807, 2.05) is 0 Å². The van der Waals surface area contributed by atoms with Crippen molar-refractivity contribution < 1.29 is 14.7 Å². The fraction of sp³-hybridized carbons (Fsp3) is 0.556. The summed E-state index contributed by atoms with van der Waals surface area (Å²) in [5.74, 6) is 0. The lowest BCUT2D eigenvalue weighted by Gasteiger charge is -2.29. The Bertz CT molecular complexity index is 374. The van der Waals surface area contributed by atoms with Crippen molar-refractivity contribution in [2.24, 2.45) is 0 Å². The predicted molar refractivity (Wildman–Crippen MR) is 56.4 cm³/mol. The third-order valence-corrected chi connectivity index (χ3v) is 2.80. The average Bonchev–Trinajstić information content (AvgIpc) is 2.65. The van der Waals surface area contributed by atoms with E-state index in [9.17, 15) is 4.79 Å². The summed E-state index contributed by atoms with van der Waals surface area (Å²) in [6.45, 7) is 0.985. The molecule has 0 bridgehead atoms. The highest BCUT2D eigenvalue weighted by atomic mass is 35.5. The Kier molecular flexibility index (Phi) is 3.19. The normalized spacial score (nSPS) is 17.4. The van der Waals surface area contributed by atoms with E-state index < -0.39 is 6.09 Å². The van der Waals surface area contributed by atoms with Crippen LogP contribution in [-0.4, -0.2) is 45.0 Å².